The lowest BCUT2D eigenvalue weighted by molar-refractivity contribution is 0.0654. The highest BCUT2D eigenvalue weighted by atomic mass is 32.1. The van der Waals surface area contributed by atoms with Crippen LogP contribution in [0.3, 0.4) is 0 Å². The highest BCUT2D eigenvalue weighted by Gasteiger charge is 2.25. The largest absolute Gasteiger partial charge is 0.335 e. The maximum absolute atomic E-state index is 13.1. The number of rotatable bonds is 6. The van der Waals surface area contributed by atoms with Gasteiger partial charge in [0.25, 0.3) is 5.91 Å². The van der Waals surface area contributed by atoms with E-state index in [0.717, 1.165) is 54.7 Å². The molecule has 2 heterocycles. The van der Waals surface area contributed by atoms with Crippen LogP contribution in [0.4, 0.5) is 0 Å². The summed E-state index contributed by atoms with van der Waals surface area (Å²) >= 11 is 1.54. The SMILES string of the molecule is Cc1nc(Cc2ccccc2)sc1C(=O)N1CCN(C/C=C/c2ccccc2)CC1. The van der Waals surface area contributed by atoms with Crippen molar-refractivity contribution in [2.75, 3.05) is 32.7 Å². The quantitative estimate of drug-likeness (QED) is 0.592. The molecule has 1 aromatic heterocycles. The Morgan fingerprint density at radius 1 is 1.00 bits per heavy atom. The summed E-state index contributed by atoms with van der Waals surface area (Å²) in [6, 6.07) is 20.6. The van der Waals surface area contributed by atoms with E-state index in [9.17, 15) is 4.79 Å². The number of carbonyl (C=O) groups excluding carboxylic acids is 1. The molecule has 1 fully saturated rings. The van der Waals surface area contributed by atoms with Gasteiger partial charge in [0.2, 0.25) is 0 Å². The Bertz CT molecular complexity index is 990. The highest BCUT2D eigenvalue weighted by Crippen LogP contribution is 2.23. The molecule has 0 bridgehead atoms. The molecule has 0 N–H and O–H groups in total. The lowest BCUT2D eigenvalue weighted by Gasteiger charge is -2.34. The number of benzene rings is 2. The molecule has 4 nitrogen and oxygen atoms in total. The third-order valence-corrected chi connectivity index (χ3v) is 6.51. The van der Waals surface area contributed by atoms with Crippen molar-refractivity contribution in [3.8, 4) is 0 Å². The molecule has 0 aliphatic carbocycles. The standard InChI is InChI=1S/C25H27N3OS/c1-20-24(30-23(26-20)19-22-11-6-3-7-12-22)25(29)28-17-15-27(16-18-28)14-8-13-21-9-4-2-5-10-21/h2-13H,14-19H2,1H3/b13-8+. The van der Waals surface area contributed by atoms with Gasteiger partial charge in [-0.05, 0) is 18.1 Å². The van der Waals surface area contributed by atoms with Crippen molar-refractivity contribution in [2.45, 2.75) is 13.3 Å². The summed E-state index contributed by atoms with van der Waals surface area (Å²) in [6.45, 7) is 6.20. The average molecular weight is 418 g/mol. The Morgan fingerprint density at radius 2 is 1.67 bits per heavy atom. The molecular formula is C25H27N3OS. The number of piperazine rings is 1. The summed E-state index contributed by atoms with van der Waals surface area (Å²) in [6.07, 6.45) is 5.14. The second-order valence-corrected chi connectivity index (χ2v) is 8.67. The van der Waals surface area contributed by atoms with Crippen LogP contribution >= 0.6 is 11.3 Å². The molecule has 0 saturated carbocycles. The first-order chi connectivity index (χ1) is 14.7. The summed E-state index contributed by atoms with van der Waals surface area (Å²) in [7, 11) is 0. The molecule has 5 heteroatoms. The molecule has 0 radical (unpaired) electrons. The third-order valence-electron chi connectivity index (χ3n) is 5.37. The van der Waals surface area contributed by atoms with Crippen molar-refractivity contribution in [2.24, 2.45) is 0 Å². The van der Waals surface area contributed by atoms with E-state index in [-0.39, 0.29) is 5.91 Å². The summed E-state index contributed by atoms with van der Waals surface area (Å²) in [5.41, 5.74) is 3.30. The van der Waals surface area contributed by atoms with Gasteiger partial charge in [-0.3, -0.25) is 9.69 Å². The Kier molecular flexibility index (Phi) is 6.72. The fourth-order valence-electron chi connectivity index (χ4n) is 3.68. The van der Waals surface area contributed by atoms with Gasteiger partial charge in [-0.25, -0.2) is 4.98 Å². The van der Waals surface area contributed by atoms with Crippen LogP contribution in [0, 0.1) is 6.92 Å². The van der Waals surface area contributed by atoms with Gasteiger partial charge in [0.05, 0.1) is 10.7 Å². The molecule has 3 aromatic rings. The van der Waals surface area contributed by atoms with Gasteiger partial charge in [0, 0.05) is 39.1 Å². The van der Waals surface area contributed by atoms with Crippen LogP contribution in [-0.4, -0.2) is 53.4 Å². The van der Waals surface area contributed by atoms with Gasteiger partial charge in [-0.15, -0.1) is 11.3 Å². The zero-order valence-electron chi connectivity index (χ0n) is 17.3. The van der Waals surface area contributed by atoms with E-state index in [1.807, 2.05) is 36.1 Å². The molecule has 1 aliphatic rings. The summed E-state index contributed by atoms with van der Waals surface area (Å²) in [4.78, 5) is 22.9. The molecule has 0 spiro atoms. The number of aromatic nitrogens is 1. The topological polar surface area (TPSA) is 36.4 Å². The van der Waals surface area contributed by atoms with Crippen molar-refractivity contribution in [1.29, 1.82) is 0 Å². The molecule has 0 atom stereocenters. The van der Waals surface area contributed by atoms with E-state index in [1.165, 1.54) is 11.1 Å². The lowest BCUT2D eigenvalue weighted by atomic mass is 10.2. The summed E-state index contributed by atoms with van der Waals surface area (Å²) in [5.74, 6) is 0.129. The monoisotopic (exact) mass is 417 g/mol. The first-order valence-electron chi connectivity index (χ1n) is 10.4. The maximum atomic E-state index is 13.1. The van der Waals surface area contributed by atoms with Crippen LogP contribution < -0.4 is 0 Å². The number of hydrogen-bond acceptors (Lipinski definition) is 4. The minimum atomic E-state index is 0.129. The number of amides is 1. The molecular weight excluding hydrogens is 390 g/mol. The first-order valence-corrected chi connectivity index (χ1v) is 11.2. The lowest BCUT2D eigenvalue weighted by Crippen LogP contribution is -2.48. The summed E-state index contributed by atoms with van der Waals surface area (Å²) < 4.78 is 0. The Morgan fingerprint density at radius 3 is 2.37 bits per heavy atom. The molecule has 0 unspecified atom stereocenters. The van der Waals surface area contributed by atoms with Crippen LogP contribution in [0.1, 0.15) is 31.5 Å². The van der Waals surface area contributed by atoms with E-state index in [4.69, 9.17) is 0 Å². The van der Waals surface area contributed by atoms with Crippen molar-refractivity contribution in [1.82, 2.24) is 14.8 Å². The summed E-state index contributed by atoms with van der Waals surface area (Å²) in [5, 5.41) is 1.01. The number of thiazole rings is 1. The van der Waals surface area contributed by atoms with Gasteiger partial charge in [0.15, 0.2) is 0 Å². The van der Waals surface area contributed by atoms with Crippen molar-refractivity contribution in [3.63, 3.8) is 0 Å². The van der Waals surface area contributed by atoms with Crippen molar-refractivity contribution >= 4 is 23.3 Å². The smallest absolute Gasteiger partial charge is 0.265 e. The average Bonchev–Trinajstić information content (AvgIpc) is 3.15. The Balaban J connectivity index is 1.30. The third kappa shape index (κ3) is 5.23. The van der Waals surface area contributed by atoms with Gasteiger partial charge in [-0.1, -0.05) is 72.8 Å². The van der Waals surface area contributed by atoms with E-state index >= 15 is 0 Å². The predicted molar refractivity (Wildman–Crippen MR) is 124 cm³/mol. The van der Waals surface area contributed by atoms with Crippen LogP contribution in [0.15, 0.2) is 66.7 Å². The number of carbonyl (C=O) groups is 1. The number of aryl methyl sites for hydroxylation is 1. The van der Waals surface area contributed by atoms with Crippen LogP contribution in [0.2, 0.25) is 0 Å². The zero-order valence-corrected chi connectivity index (χ0v) is 18.1. The first kappa shape index (κ1) is 20.5. The van der Waals surface area contributed by atoms with Crippen LogP contribution in [0.25, 0.3) is 6.08 Å². The zero-order chi connectivity index (χ0) is 20.8. The predicted octanol–water partition coefficient (Wildman–Crippen LogP) is 4.51. The molecule has 1 aliphatic heterocycles. The van der Waals surface area contributed by atoms with Crippen molar-refractivity contribution in [3.05, 3.63) is 93.4 Å². The van der Waals surface area contributed by atoms with Gasteiger partial charge >= 0.3 is 0 Å². The molecule has 1 amide bonds. The van der Waals surface area contributed by atoms with Gasteiger partial charge < -0.3 is 4.90 Å². The fourth-order valence-corrected chi connectivity index (χ4v) is 4.74. The number of nitrogens with zero attached hydrogens (tertiary/aromatic N) is 3. The molecule has 2 aromatic carbocycles. The van der Waals surface area contributed by atoms with Crippen molar-refractivity contribution < 1.29 is 4.79 Å². The van der Waals surface area contributed by atoms with Gasteiger partial charge in [0.1, 0.15) is 4.88 Å². The normalized spacial score (nSPS) is 15.0. The second kappa shape index (κ2) is 9.83. The van der Waals surface area contributed by atoms with E-state index < -0.39 is 0 Å². The minimum absolute atomic E-state index is 0.129. The highest BCUT2D eigenvalue weighted by molar-refractivity contribution is 7.13. The van der Waals surface area contributed by atoms with E-state index in [2.05, 4.69) is 58.4 Å². The Labute approximate surface area is 182 Å². The maximum Gasteiger partial charge on any atom is 0.265 e. The second-order valence-electron chi connectivity index (χ2n) is 7.59. The van der Waals surface area contributed by atoms with Gasteiger partial charge in [-0.2, -0.15) is 0 Å². The van der Waals surface area contributed by atoms with Crippen LogP contribution in [-0.2, 0) is 6.42 Å². The van der Waals surface area contributed by atoms with Crippen LogP contribution in [0.5, 0.6) is 0 Å². The van der Waals surface area contributed by atoms with E-state index in [0.29, 0.717) is 0 Å². The molecule has 30 heavy (non-hydrogen) atoms. The van der Waals surface area contributed by atoms with E-state index in [1.54, 1.807) is 11.3 Å². The number of hydrogen-bond donors (Lipinski definition) is 0. The Hall–Kier alpha value is -2.76. The molecule has 154 valence electrons. The molecule has 1 saturated heterocycles. The molecule has 4 rings (SSSR count). The minimum Gasteiger partial charge on any atom is -0.335 e. The fraction of sp³-hybridized carbons (Fsp3) is 0.280.